The molecule has 0 spiro atoms. The number of hydrazone groups is 1. The van der Waals surface area contributed by atoms with Crippen molar-refractivity contribution in [3.05, 3.63) is 46.2 Å². The number of thiophene rings is 1. The SMILES string of the molecule is COc1ccc(C2=NN(C(=O)CCCC(=O)[O-])[C@H](c3cccs3)C2)cc1OC. The Morgan fingerprint density at radius 3 is 2.64 bits per heavy atom. The molecule has 1 aromatic heterocycles. The van der Waals surface area contributed by atoms with Crippen molar-refractivity contribution in [1.82, 2.24) is 5.01 Å². The Hall–Kier alpha value is -2.87. The van der Waals surface area contributed by atoms with Crippen LogP contribution in [0.1, 0.15) is 42.2 Å². The van der Waals surface area contributed by atoms with Crippen LogP contribution in [0.4, 0.5) is 0 Å². The van der Waals surface area contributed by atoms with E-state index in [1.165, 1.54) is 5.01 Å². The standard InChI is InChI=1S/C20H22N2O5S/c1-26-16-9-8-13(11-17(16)27-2)14-12-15(18-5-4-10-28-18)22(21-14)19(23)6-3-7-20(24)25/h4-5,8-11,15H,3,6-7,12H2,1-2H3,(H,24,25)/p-1/t15-/m0/s1. The number of carboxylic acid groups (broad SMARTS) is 1. The molecule has 0 saturated heterocycles. The summed E-state index contributed by atoms with van der Waals surface area (Å²) in [5, 5.41) is 18.6. The van der Waals surface area contributed by atoms with Crippen LogP contribution in [0.5, 0.6) is 11.5 Å². The molecule has 1 aromatic carbocycles. The smallest absolute Gasteiger partial charge is 0.243 e. The monoisotopic (exact) mass is 401 g/mol. The van der Waals surface area contributed by atoms with Crippen molar-refractivity contribution in [2.75, 3.05) is 14.2 Å². The maximum Gasteiger partial charge on any atom is 0.243 e. The molecule has 2 heterocycles. The summed E-state index contributed by atoms with van der Waals surface area (Å²) in [4.78, 5) is 24.4. The van der Waals surface area contributed by atoms with Gasteiger partial charge in [-0.2, -0.15) is 5.10 Å². The molecule has 7 nitrogen and oxygen atoms in total. The van der Waals surface area contributed by atoms with Crippen LogP contribution in [0.3, 0.4) is 0 Å². The third-order valence-corrected chi connectivity index (χ3v) is 5.50. The van der Waals surface area contributed by atoms with Crippen molar-refractivity contribution < 1.29 is 24.2 Å². The van der Waals surface area contributed by atoms with Crippen molar-refractivity contribution >= 4 is 28.9 Å². The highest BCUT2D eigenvalue weighted by molar-refractivity contribution is 7.10. The molecular weight excluding hydrogens is 380 g/mol. The van der Waals surface area contributed by atoms with Crippen molar-refractivity contribution in [3.8, 4) is 11.5 Å². The third kappa shape index (κ3) is 4.33. The fourth-order valence-electron chi connectivity index (χ4n) is 3.13. The minimum absolute atomic E-state index is 0.110. The van der Waals surface area contributed by atoms with Crippen LogP contribution in [-0.2, 0) is 9.59 Å². The minimum Gasteiger partial charge on any atom is -0.550 e. The third-order valence-electron chi connectivity index (χ3n) is 4.53. The van der Waals surface area contributed by atoms with E-state index in [9.17, 15) is 14.7 Å². The molecule has 0 fully saturated rings. The average Bonchev–Trinajstić information content (AvgIpc) is 3.36. The fraction of sp³-hybridized carbons (Fsp3) is 0.350. The molecule has 0 radical (unpaired) electrons. The van der Waals surface area contributed by atoms with E-state index in [0.717, 1.165) is 16.2 Å². The summed E-state index contributed by atoms with van der Waals surface area (Å²) in [6.07, 6.45) is 0.770. The van der Waals surface area contributed by atoms with Gasteiger partial charge in [0.05, 0.1) is 26.0 Å². The number of benzene rings is 1. The predicted octanol–water partition coefficient (Wildman–Crippen LogP) is 2.36. The highest BCUT2D eigenvalue weighted by Gasteiger charge is 2.33. The van der Waals surface area contributed by atoms with Crippen LogP contribution in [0.25, 0.3) is 0 Å². The first kappa shape index (κ1) is 19.9. The van der Waals surface area contributed by atoms with Gasteiger partial charge in [-0.25, -0.2) is 5.01 Å². The van der Waals surface area contributed by atoms with Gasteiger partial charge in [-0.05, 0) is 42.5 Å². The van der Waals surface area contributed by atoms with Gasteiger partial charge in [0.1, 0.15) is 0 Å². The lowest BCUT2D eigenvalue weighted by molar-refractivity contribution is -0.305. The number of hydrogen-bond acceptors (Lipinski definition) is 7. The van der Waals surface area contributed by atoms with Gasteiger partial charge >= 0.3 is 0 Å². The summed E-state index contributed by atoms with van der Waals surface area (Å²) in [5.41, 5.74) is 1.62. The number of amides is 1. The molecule has 1 amide bonds. The van der Waals surface area contributed by atoms with Gasteiger partial charge in [-0.1, -0.05) is 6.07 Å². The summed E-state index contributed by atoms with van der Waals surface area (Å²) >= 11 is 1.57. The highest BCUT2D eigenvalue weighted by Crippen LogP contribution is 2.37. The number of aliphatic carboxylic acids is 1. The molecule has 0 unspecified atom stereocenters. The molecule has 0 saturated carbocycles. The number of ether oxygens (including phenoxy) is 2. The van der Waals surface area contributed by atoms with E-state index >= 15 is 0 Å². The second-order valence-corrected chi connectivity index (χ2v) is 7.29. The van der Waals surface area contributed by atoms with Crippen LogP contribution in [0.15, 0.2) is 40.8 Å². The first-order chi connectivity index (χ1) is 13.5. The van der Waals surface area contributed by atoms with Gasteiger partial charge in [-0.3, -0.25) is 4.79 Å². The molecule has 2 aromatic rings. The fourth-order valence-corrected chi connectivity index (χ4v) is 3.94. The maximum atomic E-state index is 12.7. The molecule has 8 heteroatoms. The quantitative estimate of drug-likeness (QED) is 0.677. The molecule has 0 N–H and O–H groups in total. The Labute approximate surface area is 167 Å². The molecule has 3 rings (SSSR count). The zero-order valence-electron chi connectivity index (χ0n) is 15.7. The topological polar surface area (TPSA) is 91.3 Å². The van der Waals surface area contributed by atoms with E-state index < -0.39 is 5.97 Å². The minimum atomic E-state index is -1.15. The molecule has 0 bridgehead atoms. The zero-order valence-corrected chi connectivity index (χ0v) is 16.5. The number of carbonyl (C=O) groups excluding carboxylic acids is 2. The normalized spacial score (nSPS) is 16.0. The first-order valence-electron chi connectivity index (χ1n) is 8.88. The van der Waals surface area contributed by atoms with E-state index in [2.05, 4.69) is 5.10 Å². The van der Waals surface area contributed by atoms with Crippen LogP contribution >= 0.6 is 11.3 Å². The van der Waals surface area contributed by atoms with E-state index in [1.54, 1.807) is 31.6 Å². The summed E-state index contributed by atoms with van der Waals surface area (Å²) in [6.45, 7) is 0. The number of carboxylic acids is 1. The lowest BCUT2D eigenvalue weighted by Gasteiger charge is -2.20. The molecule has 1 aliphatic heterocycles. The van der Waals surface area contributed by atoms with Crippen LogP contribution in [0, 0.1) is 0 Å². The largest absolute Gasteiger partial charge is 0.550 e. The van der Waals surface area contributed by atoms with Crippen LogP contribution < -0.4 is 14.6 Å². The van der Waals surface area contributed by atoms with E-state index in [4.69, 9.17) is 9.47 Å². The highest BCUT2D eigenvalue weighted by atomic mass is 32.1. The Balaban J connectivity index is 1.86. The van der Waals surface area contributed by atoms with Gasteiger partial charge in [0.15, 0.2) is 11.5 Å². The Morgan fingerprint density at radius 2 is 2.00 bits per heavy atom. The molecule has 1 aliphatic rings. The number of nitrogens with zero attached hydrogens (tertiary/aromatic N) is 2. The summed E-state index contributed by atoms with van der Waals surface area (Å²) < 4.78 is 10.6. The van der Waals surface area contributed by atoms with Gasteiger partial charge in [0, 0.05) is 29.3 Å². The van der Waals surface area contributed by atoms with Gasteiger partial charge in [0.25, 0.3) is 0 Å². The summed E-state index contributed by atoms with van der Waals surface area (Å²) in [5.74, 6) is -0.141. The molecule has 148 valence electrons. The van der Waals surface area contributed by atoms with Crippen molar-refractivity contribution in [2.24, 2.45) is 5.10 Å². The van der Waals surface area contributed by atoms with Gasteiger partial charge in [-0.15, -0.1) is 11.3 Å². The molecule has 0 aliphatic carbocycles. The van der Waals surface area contributed by atoms with E-state index in [-0.39, 0.29) is 31.2 Å². The van der Waals surface area contributed by atoms with Gasteiger partial charge in [0.2, 0.25) is 5.91 Å². The van der Waals surface area contributed by atoms with E-state index in [0.29, 0.717) is 17.9 Å². The number of hydrogen-bond donors (Lipinski definition) is 0. The second-order valence-electron chi connectivity index (χ2n) is 6.32. The first-order valence-corrected chi connectivity index (χ1v) is 9.76. The molecule has 1 atom stereocenters. The maximum absolute atomic E-state index is 12.7. The second kappa shape index (κ2) is 8.88. The van der Waals surface area contributed by atoms with Crippen LogP contribution in [0.2, 0.25) is 0 Å². The zero-order chi connectivity index (χ0) is 20.1. The Kier molecular flexibility index (Phi) is 6.30. The Bertz CT molecular complexity index is 879. The number of carbonyl (C=O) groups is 2. The van der Waals surface area contributed by atoms with Crippen molar-refractivity contribution in [2.45, 2.75) is 31.7 Å². The molecule has 28 heavy (non-hydrogen) atoms. The average molecular weight is 401 g/mol. The lowest BCUT2D eigenvalue weighted by atomic mass is 10.0. The Morgan fingerprint density at radius 1 is 1.21 bits per heavy atom. The van der Waals surface area contributed by atoms with E-state index in [1.807, 2.05) is 29.6 Å². The number of methoxy groups -OCH3 is 2. The summed E-state index contributed by atoms with van der Waals surface area (Å²) in [6, 6.07) is 9.25. The van der Waals surface area contributed by atoms with Crippen molar-refractivity contribution in [1.29, 1.82) is 0 Å². The van der Waals surface area contributed by atoms with Gasteiger partial charge < -0.3 is 19.4 Å². The number of rotatable bonds is 8. The molecular formula is C20H21N2O5S-. The van der Waals surface area contributed by atoms with Crippen molar-refractivity contribution in [3.63, 3.8) is 0 Å². The van der Waals surface area contributed by atoms with Crippen LogP contribution in [-0.4, -0.2) is 36.8 Å². The lowest BCUT2D eigenvalue weighted by Crippen LogP contribution is -2.27. The predicted molar refractivity (Wildman–Crippen MR) is 103 cm³/mol. The summed E-state index contributed by atoms with van der Waals surface area (Å²) in [7, 11) is 3.14.